The minimum atomic E-state index is -4.72. The number of aryl methyl sites for hydroxylation is 1. The number of hydrogen-bond donors (Lipinski definition) is 0. The van der Waals surface area contributed by atoms with Gasteiger partial charge in [0.25, 0.3) is 0 Å². The minimum Gasteiger partial charge on any atom is -0.406 e. The molecule has 0 bridgehead atoms. The van der Waals surface area contributed by atoms with Crippen LogP contribution in [0.25, 0.3) is 11.6 Å². The Morgan fingerprint density at radius 3 is 2.50 bits per heavy atom. The zero-order chi connectivity index (χ0) is 20.1. The van der Waals surface area contributed by atoms with Crippen molar-refractivity contribution in [2.45, 2.75) is 19.7 Å². The van der Waals surface area contributed by atoms with E-state index in [1.807, 2.05) is 11.8 Å². The summed E-state index contributed by atoms with van der Waals surface area (Å²) in [6.45, 7) is 2.45. The normalized spacial score (nSPS) is 11.3. The second-order valence-electron chi connectivity index (χ2n) is 6.11. The molecule has 0 N–H and O–H groups in total. The number of anilines is 1. The third kappa shape index (κ3) is 5.15. The lowest BCUT2D eigenvalue weighted by Gasteiger charge is -2.20. The molecule has 0 saturated heterocycles. The van der Waals surface area contributed by atoms with Crippen molar-refractivity contribution in [3.63, 3.8) is 0 Å². The Labute approximate surface area is 160 Å². The Balaban J connectivity index is 1.71. The molecule has 0 aliphatic rings. The van der Waals surface area contributed by atoms with Crippen LogP contribution >= 0.6 is 0 Å². The van der Waals surface area contributed by atoms with Crippen LogP contribution in [0, 0.1) is 6.92 Å². The number of likely N-dealkylation sites (N-methyl/N-ethyl adjacent to an activating group) is 1. The second-order valence-corrected chi connectivity index (χ2v) is 6.11. The zero-order valence-corrected chi connectivity index (χ0v) is 15.3. The van der Waals surface area contributed by atoms with Crippen molar-refractivity contribution < 1.29 is 17.9 Å². The summed E-state index contributed by atoms with van der Waals surface area (Å²) < 4.78 is 41.2. The first-order valence-electron chi connectivity index (χ1n) is 8.49. The maximum absolute atomic E-state index is 12.4. The van der Waals surface area contributed by atoms with Crippen LogP contribution in [0.1, 0.15) is 11.3 Å². The van der Waals surface area contributed by atoms with E-state index in [0.717, 1.165) is 11.3 Å². The third-order valence-corrected chi connectivity index (χ3v) is 4.02. The SMILES string of the molecule is Cc1cnc(-c2ncccn2)nc1CCN(C)c1cccc(OC(F)(F)F)c1. The lowest BCUT2D eigenvalue weighted by atomic mass is 10.2. The summed E-state index contributed by atoms with van der Waals surface area (Å²) in [5.74, 6) is 0.622. The number of nitrogens with zero attached hydrogens (tertiary/aromatic N) is 5. The summed E-state index contributed by atoms with van der Waals surface area (Å²) in [5, 5.41) is 0. The fourth-order valence-corrected chi connectivity index (χ4v) is 2.57. The highest BCUT2D eigenvalue weighted by Gasteiger charge is 2.31. The minimum absolute atomic E-state index is 0.251. The second kappa shape index (κ2) is 8.20. The van der Waals surface area contributed by atoms with Crippen LogP contribution in [-0.2, 0) is 6.42 Å². The van der Waals surface area contributed by atoms with E-state index < -0.39 is 6.36 Å². The van der Waals surface area contributed by atoms with Gasteiger partial charge in [-0.15, -0.1) is 13.2 Å². The van der Waals surface area contributed by atoms with Crippen molar-refractivity contribution in [2.75, 3.05) is 18.5 Å². The van der Waals surface area contributed by atoms with Crippen molar-refractivity contribution in [1.82, 2.24) is 19.9 Å². The van der Waals surface area contributed by atoms with E-state index in [0.29, 0.717) is 30.3 Å². The van der Waals surface area contributed by atoms with E-state index in [-0.39, 0.29) is 5.75 Å². The van der Waals surface area contributed by atoms with E-state index in [2.05, 4.69) is 24.7 Å². The molecule has 28 heavy (non-hydrogen) atoms. The topological polar surface area (TPSA) is 64.0 Å². The molecular weight excluding hydrogens is 371 g/mol. The van der Waals surface area contributed by atoms with Gasteiger partial charge in [0.15, 0.2) is 11.6 Å². The summed E-state index contributed by atoms with van der Waals surface area (Å²) in [4.78, 5) is 18.9. The lowest BCUT2D eigenvalue weighted by Crippen LogP contribution is -2.22. The van der Waals surface area contributed by atoms with Crippen LogP contribution in [0.2, 0.25) is 0 Å². The van der Waals surface area contributed by atoms with Crippen LogP contribution in [0.4, 0.5) is 18.9 Å². The number of ether oxygens (including phenoxy) is 1. The predicted molar refractivity (Wildman–Crippen MR) is 97.9 cm³/mol. The molecule has 6 nitrogen and oxygen atoms in total. The highest BCUT2D eigenvalue weighted by Crippen LogP contribution is 2.26. The molecule has 2 aromatic heterocycles. The molecule has 146 valence electrons. The molecule has 0 atom stereocenters. The van der Waals surface area contributed by atoms with Gasteiger partial charge in [0.05, 0.1) is 0 Å². The summed E-state index contributed by atoms with van der Waals surface area (Å²) >= 11 is 0. The van der Waals surface area contributed by atoms with Gasteiger partial charge < -0.3 is 9.64 Å². The molecule has 0 aliphatic heterocycles. The molecule has 0 unspecified atom stereocenters. The van der Waals surface area contributed by atoms with Crippen molar-refractivity contribution in [3.05, 3.63) is 60.2 Å². The van der Waals surface area contributed by atoms with E-state index in [1.165, 1.54) is 18.2 Å². The quantitative estimate of drug-likeness (QED) is 0.639. The Morgan fingerprint density at radius 2 is 1.79 bits per heavy atom. The van der Waals surface area contributed by atoms with Gasteiger partial charge in [-0.05, 0) is 30.7 Å². The molecule has 3 aromatic rings. The Bertz CT molecular complexity index is 934. The van der Waals surface area contributed by atoms with Gasteiger partial charge >= 0.3 is 6.36 Å². The van der Waals surface area contributed by atoms with Crippen molar-refractivity contribution in [2.24, 2.45) is 0 Å². The molecule has 3 rings (SSSR count). The lowest BCUT2D eigenvalue weighted by molar-refractivity contribution is -0.274. The number of hydrogen-bond acceptors (Lipinski definition) is 6. The largest absolute Gasteiger partial charge is 0.573 e. The fraction of sp³-hybridized carbons (Fsp3) is 0.263. The van der Waals surface area contributed by atoms with Gasteiger partial charge in [0.2, 0.25) is 0 Å². The number of aromatic nitrogens is 4. The number of halogens is 3. The molecule has 9 heteroatoms. The fourth-order valence-electron chi connectivity index (χ4n) is 2.57. The highest BCUT2D eigenvalue weighted by molar-refractivity contribution is 5.50. The first-order valence-corrected chi connectivity index (χ1v) is 8.49. The standard InChI is InChI=1S/C19H18F3N5O/c1-13-12-25-18(17-23-8-4-9-24-17)26-16(13)7-10-27(2)14-5-3-6-15(11-14)28-19(20,21)22/h3-6,8-9,11-12H,7,10H2,1-2H3. The molecule has 2 heterocycles. The van der Waals surface area contributed by atoms with Crippen LogP contribution in [0.15, 0.2) is 48.9 Å². The zero-order valence-electron chi connectivity index (χ0n) is 15.3. The highest BCUT2D eigenvalue weighted by atomic mass is 19.4. The molecule has 0 saturated carbocycles. The summed E-state index contributed by atoms with van der Waals surface area (Å²) in [6.07, 6.45) is 0.816. The maximum atomic E-state index is 12.4. The first-order chi connectivity index (χ1) is 13.3. The van der Waals surface area contributed by atoms with Crippen molar-refractivity contribution in [1.29, 1.82) is 0 Å². The van der Waals surface area contributed by atoms with Gasteiger partial charge in [-0.2, -0.15) is 0 Å². The Kier molecular flexibility index (Phi) is 5.72. The Morgan fingerprint density at radius 1 is 1.04 bits per heavy atom. The van der Waals surface area contributed by atoms with Crippen LogP contribution in [0.5, 0.6) is 5.75 Å². The Hall–Kier alpha value is -3.23. The van der Waals surface area contributed by atoms with Gasteiger partial charge in [0, 0.05) is 56.1 Å². The van der Waals surface area contributed by atoms with Gasteiger partial charge in [-0.1, -0.05) is 6.07 Å². The third-order valence-electron chi connectivity index (χ3n) is 4.02. The van der Waals surface area contributed by atoms with Crippen LogP contribution in [0.3, 0.4) is 0 Å². The summed E-state index contributed by atoms with van der Waals surface area (Å²) in [7, 11) is 1.80. The number of alkyl halides is 3. The van der Waals surface area contributed by atoms with Crippen LogP contribution < -0.4 is 9.64 Å². The molecule has 1 aromatic carbocycles. The van der Waals surface area contributed by atoms with E-state index in [4.69, 9.17) is 0 Å². The van der Waals surface area contributed by atoms with Gasteiger partial charge in [-0.25, -0.2) is 19.9 Å². The van der Waals surface area contributed by atoms with E-state index in [1.54, 1.807) is 37.8 Å². The average molecular weight is 389 g/mol. The van der Waals surface area contributed by atoms with Crippen molar-refractivity contribution >= 4 is 5.69 Å². The predicted octanol–water partition coefficient (Wildman–Crippen LogP) is 3.82. The summed E-state index contributed by atoms with van der Waals surface area (Å²) in [5.41, 5.74) is 2.36. The summed E-state index contributed by atoms with van der Waals surface area (Å²) in [6, 6.07) is 7.58. The molecule has 0 fully saturated rings. The number of benzene rings is 1. The molecule has 0 radical (unpaired) electrons. The van der Waals surface area contributed by atoms with E-state index in [9.17, 15) is 13.2 Å². The monoisotopic (exact) mass is 389 g/mol. The van der Waals surface area contributed by atoms with E-state index >= 15 is 0 Å². The number of rotatable bonds is 6. The van der Waals surface area contributed by atoms with Crippen molar-refractivity contribution in [3.8, 4) is 17.4 Å². The van der Waals surface area contributed by atoms with Gasteiger partial charge in [0.1, 0.15) is 5.75 Å². The molecular formula is C19H18F3N5O. The maximum Gasteiger partial charge on any atom is 0.573 e. The molecule has 0 spiro atoms. The van der Waals surface area contributed by atoms with Gasteiger partial charge in [-0.3, -0.25) is 0 Å². The first kappa shape index (κ1) is 19.5. The smallest absolute Gasteiger partial charge is 0.406 e. The average Bonchev–Trinajstić information content (AvgIpc) is 2.66. The molecule has 0 aliphatic carbocycles. The molecule has 0 amide bonds. The van der Waals surface area contributed by atoms with Crippen LogP contribution in [-0.4, -0.2) is 39.9 Å².